The Bertz CT molecular complexity index is 295. The molecule has 4 nitrogen and oxygen atoms in total. The second-order valence-corrected chi connectivity index (χ2v) is 5.20. The van der Waals surface area contributed by atoms with Crippen LogP contribution in [0.1, 0.15) is 59.3 Å². The highest BCUT2D eigenvalue weighted by molar-refractivity contribution is 5.90. The van der Waals surface area contributed by atoms with E-state index in [0.717, 1.165) is 50.7 Å². The predicted octanol–water partition coefficient (Wildman–Crippen LogP) is 3.56. The van der Waals surface area contributed by atoms with Crippen molar-refractivity contribution in [3.05, 3.63) is 12.2 Å². The van der Waals surface area contributed by atoms with Crippen LogP contribution in [0.2, 0.25) is 0 Å². The molecule has 0 saturated carbocycles. The van der Waals surface area contributed by atoms with Crippen molar-refractivity contribution in [3.63, 3.8) is 0 Å². The Labute approximate surface area is 115 Å². The third kappa shape index (κ3) is 11.5. The van der Waals surface area contributed by atoms with Crippen LogP contribution in [-0.4, -0.2) is 23.1 Å². The minimum atomic E-state index is -1.14. The zero-order chi connectivity index (χ0) is 14.7. The predicted molar refractivity (Wildman–Crippen MR) is 74.9 cm³/mol. The fourth-order valence-electron chi connectivity index (χ4n) is 1.75. The van der Waals surface area contributed by atoms with Gasteiger partial charge in [0.15, 0.2) is 0 Å². The molecule has 110 valence electrons. The normalized spacial score (nSPS) is 12.8. The van der Waals surface area contributed by atoms with E-state index in [1.807, 2.05) is 0 Å². The first-order valence-electron chi connectivity index (χ1n) is 7.07. The largest absolute Gasteiger partial charge is 0.478 e. The van der Waals surface area contributed by atoms with Gasteiger partial charge in [-0.2, -0.15) is 0 Å². The van der Waals surface area contributed by atoms with Crippen LogP contribution in [0.25, 0.3) is 0 Å². The average Bonchev–Trinajstić information content (AvgIpc) is 2.33. The van der Waals surface area contributed by atoms with E-state index < -0.39 is 11.9 Å². The summed E-state index contributed by atoms with van der Waals surface area (Å²) in [5.41, 5.74) is 0. The molecule has 0 spiro atoms. The maximum absolute atomic E-state index is 11.5. The summed E-state index contributed by atoms with van der Waals surface area (Å²) in [5.74, 6) is -1.13. The van der Waals surface area contributed by atoms with Crippen molar-refractivity contribution in [3.8, 4) is 0 Å². The van der Waals surface area contributed by atoms with Gasteiger partial charge in [-0.25, -0.2) is 9.59 Å². The highest BCUT2D eigenvalue weighted by Gasteiger charge is 2.13. The van der Waals surface area contributed by atoms with Gasteiger partial charge >= 0.3 is 11.9 Å². The molecule has 0 aromatic heterocycles. The van der Waals surface area contributed by atoms with Crippen molar-refractivity contribution >= 4 is 11.9 Å². The molecule has 0 saturated heterocycles. The zero-order valence-corrected chi connectivity index (χ0v) is 12.2. The molecule has 4 heteroatoms. The summed E-state index contributed by atoms with van der Waals surface area (Å²) >= 11 is 0. The number of rotatable bonds is 10. The number of ether oxygens (including phenoxy) is 1. The van der Waals surface area contributed by atoms with E-state index in [-0.39, 0.29) is 6.10 Å². The number of carboxylic acids is 1. The monoisotopic (exact) mass is 270 g/mol. The summed E-state index contributed by atoms with van der Waals surface area (Å²) in [6, 6.07) is 0. The number of esters is 1. The molecule has 0 amide bonds. The van der Waals surface area contributed by atoms with Crippen molar-refractivity contribution in [2.75, 3.05) is 0 Å². The van der Waals surface area contributed by atoms with Crippen LogP contribution in [0.5, 0.6) is 0 Å². The summed E-state index contributed by atoms with van der Waals surface area (Å²) in [6.45, 7) is 6.40. The van der Waals surface area contributed by atoms with Gasteiger partial charge in [0.05, 0.1) is 0 Å². The van der Waals surface area contributed by atoms with E-state index in [9.17, 15) is 9.59 Å². The van der Waals surface area contributed by atoms with E-state index in [4.69, 9.17) is 9.84 Å². The fraction of sp³-hybridized carbons (Fsp3) is 0.733. The van der Waals surface area contributed by atoms with Gasteiger partial charge in [-0.15, -0.1) is 0 Å². The Morgan fingerprint density at radius 1 is 1.11 bits per heavy atom. The van der Waals surface area contributed by atoms with Gasteiger partial charge in [0.25, 0.3) is 0 Å². The van der Waals surface area contributed by atoms with E-state index in [0.29, 0.717) is 5.92 Å². The Hall–Kier alpha value is -1.32. The van der Waals surface area contributed by atoms with Gasteiger partial charge in [-0.3, -0.25) is 0 Å². The van der Waals surface area contributed by atoms with Gasteiger partial charge in [0, 0.05) is 12.2 Å². The molecule has 0 aliphatic carbocycles. The summed E-state index contributed by atoms with van der Waals surface area (Å²) in [4.78, 5) is 21.8. The lowest BCUT2D eigenvalue weighted by atomic mass is 10.0. The summed E-state index contributed by atoms with van der Waals surface area (Å²) in [6.07, 6.45) is 7.69. The number of carbonyl (C=O) groups is 2. The standard InChI is InChI=1S/C15H26O4/c1-4-5-6-7-13(9-8-12(2)3)19-15(18)11-10-14(16)17/h10-13H,4-9H2,1-3H3,(H,16,17)/b11-10-. The van der Waals surface area contributed by atoms with Gasteiger partial charge < -0.3 is 9.84 Å². The molecule has 1 atom stereocenters. The Kier molecular flexibility index (Phi) is 9.85. The van der Waals surface area contributed by atoms with Crippen molar-refractivity contribution in [1.82, 2.24) is 0 Å². The molecule has 0 bridgehead atoms. The lowest BCUT2D eigenvalue weighted by Crippen LogP contribution is -2.18. The van der Waals surface area contributed by atoms with Crippen molar-refractivity contribution in [2.24, 2.45) is 5.92 Å². The molecule has 0 radical (unpaired) electrons. The summed E-state index contributed by atoms with van der Waals surface area (Å²) in [5, 5.41) is 8.45. The van der Waals surface area contributed by atoms with Crippen LogP contribution in [0.4, 0.5) is 0 Å². The highest BCUT2D eigenvalue weighted by Crippen LogP contribution is 2.16. The lowest BCUT2D eigenvalue weighted by Gasteiger charge is -2.18. The number of aliphatic carboxylic acids is 1. The number of hydrogen-bond acceptors (Lipinski definition) is 3. The lowest BCUT2D eigenvalue weighted by molar-refractivity contribution is -0.144. The number of unbranched alkanes of at least 4 members (excludes halogenated alkanes) is 2. The van der Waals surface area contributed by atoms with Gasteiger partial charge in [0.2, 0.25) is 0 Å². The first-order valence-corrected chi connectivity index (χ1v) is 7.07. The van der Waals surface area contributed by atoms with Crippen LogP contribution < -0.4 is 0 Å². The van der Waals surface area contributed by atoms with Crippen molar-refractivity contribution in [2.45, 2.75) is 65.4 Å². The van der Waals surface area contributed by atoms with Crippen LogP contribution in [0.15, 0.2) is 12.2 Å². The highest BCUT2D eigenvalue weighted by atomic mass is 16.5. The van der Waals surface area contributed by atoms with E-state index in [1.54, 1.807) is 0 Å². The molecule has 0 fully saturated rings. The summed E-state index contributed by atoms with van der Waals surface area (Å²) < 4.78 is 5.31. The quantitative estimate of drug-likeness (QED) is 0.374. The third-order valence-electron chi connectivity index (χ3n) is 2.84. The van der Waals surface area contributed by atoms with Gasteiger partial charge in [0.1, 0.15) is 6.10 Å². The molecule has 1 N–H and O–H groups in total. The number of carboxylic acid groups (broad SMARTS) is 1. The Balaban J connectivity index is 4.22. The van der Waals surface area contributed by atoms with Crippen LogP contribution >= 0.6 is 0 Å². The second-order valence-electron chi connectivity index (χ2n) is 5.20. The molecule has 1 unspecified atom stereocenters. The van der Waals surface area contributed by atoms with Crippen molar-refractivity contribution in [1.29, 1.82) is 0 Å². The molecule has 0 aromatic rings. The maximum Gasteiger partial charge on any atom is 0.331 e. The number of hydrogen-bond donors (Lipinski definition) is 1. The van der Waals surface area contributed by atoms with E-state index >= 15 is 0 Å². The first-order chi connectivity index (χ1) is 8.95. The molecule has 0 aliphatic heterocycles. The Morgan fingerprint density at radius 3 is 2.32 bits per heavy atom. The topological polar surface area (TPSA) is 63.6 Å². The molecular formula is C15H26O4. The molecular weight excluding hydrogens is 244 g/mol. The van der Waals surface area contributed by atoms with Crippen molar-refractivity contribution < 1.29 is 19.4 Å². The van der Waals surface area contributed by atoms with Gasteiger partial charge in [-0.1, -0.05) is 33.6 Å². The molecule has 0 heterocycles. The van der Waals surface area contributed by atoms with E-state index in [1.165, 1.54) is 0 Å². The molecule has 0 aliphatic rings. The first kappa shape index (κ1) is 17.7. The zero-order valence-electron chi connectivity index (χ0n) is 12.2. The molecule has 0 aromatic carbocycles. The second kappa shape index (κ2) is 10.6. The minimum Gasteiger partial charge on any atom is -0.478 e. The Morgan fingerprint density at radius 2 is 1.79 bits per heavy atom. The van der Waals surface area contributed by atoms with Gasteiger partial charge in [-0.05, 0) is 31.6 Å². The SMILES string of the molecule is CCCCCC(CCC(C)C)OC(=O)/C=C\C(=O)O. The molecule has 0 rings (SSSR count). The minimum absolute atomic E-state index is 0.0973. The smallest absolute Gasteiger partial charge is 0.331 e. The van der Waals surface area contributed by atoms with E-state index in [2.05, 4.69) is 20.8 Å². The number of carbonyl (C=O) groups excluding carboxylic acids is 1. The third-order valence-corrected chi connectivity index (χ3v) is 2.84. The summed E-state index contributed by atoms with van der Waals surface area (Å²) in [7, 11) is 0. The average molecular weight is 270 g/mol. The maximum atomic E-state index is 11.5. The molecule has 19 heavy (non-hydrogen) atoms. The van der Waals surface area contributed by atoms with Crippen LogP contribution in [-0.2, 0) is 14.3 Å². The van der Waals surface area contributed by atoms with Crippen LogP contribution in [0.3, 0.4) is 0 Å². The van der Waals surface area contributed by atoms with Crippen LogP contribution in [0, 0.1) is 5.92 Å². The fourth-order valence-corrected chi connectivity index (χ4v) is 1.75.